The first-order valence-corrected chi connectivity index (χ1v) is 12.5. The summed E-state index contributed by atoms with van der Waals surface area (Å²) in [5.74, 6) is 2.31. The minimum absolute atomic E-state index is 0.00993. The summed E-state index contributed by atoms with van der Waals surface area (Å²) in [5, 5.41) is 0. The van der Waals surface area contributed by atoms with E-state index in [1.165, 1.54) is 31.3 Å². The van der Waals surface area contributed by atoms with Gasteiger partial charge in [-0.25, -0.2) is 4.79 Å². The maximum absolute atomic E-state index is 12.3. The SMILES string of the molecule is CCCCCCOC(=O)O[C@H]1CC[C@H]2[C@@H]3CCC4=CC(=O)CC[C@]4(C)[C@H]3CC[C@]12C. The van der Waals surface area contributed by atoms with Crippen molar-refractivity contribution < 1.29 is 19.1 Å². The standard InChI is InChI=1S/C26H40O4/c1-4-5-6-7-16-29-24(28)30-23-11-10-21-20-9-8-18-17-19(27)12-14-25(18,2)22(20)13-15-26(21,23)3/h17,20-23H,4-16H2,1-3H3/t20-,21-,22-,23-,25-,26-/m0/s1. The van der Waals surface area contributed by atoms with E-state index in [9.17, 15) is 9.59 Å². The van der Waals surface area contributed by atoms with Crippen molar-refractivity contribution >= 4 is 11.9 Å². The highest BCUT2D eigenvalue weighted by Crippen LogP contribution is 2.65. The van der Waals surface area contributed by atoms with E-state index in [1.807, 2.05) is 6.08 Å². The molecule has 0 aliphatic heterocycles. The Kier molecular flexibility index (Phi) is 6.33. The van der Waals surface area contributed by atoms with Crippen LogP contribution in [0.2, 0.25) is 0 Å². The van der Waals surface area contributed by atoms with Gasteiger partial charge in [0, 0.05) is 11.8 Å². The summed E-state index contributed by atoms with van der Waals surface area (Å²) < 4.78 is 11.3. The average molecular weight is 417 g/mol. The lowest BCUT2D eigenvalue weighted by Gasteiger charge is -2.57. The fourth-order valence-electron chi connectivity index (χ4n) is 7.54. The molecular formula is C26H40O4. The normalized spacial score (nSPS) is 40.1. The topological polar surface area (TPSA) is 52.6 Å². The number of fused-ring (bicyclic) bond motifs is 5. The van der Waals surface area contributed by atoms with Crippen LogP contribution in [0.25, 0.3) is 0 Å². The first kappa shape index (κ1) is 21.9. The number of ketones is 1. The lowest BCUT2D eigenvalue weighted by molar-refractivity contribution is -0.118. The summed E-state index contributed by atoms with van der Waals surface area (Å²) in [6, 6.07) is 0. The predicted octanol–water partition coefficient (Wildman–Crippen LogP) is 6.62. The van der Waals surface area contributed by atoms with Crippen molar-refractivity contribution in [2.75, 3.05) is 6.61 Å². The molecule has 0 heterocycles. The van der Waals surface area contributed by atoms with E-state index in [0.29, 0.717) is 36.6 Å². The molecule has 4 aliphatic rings. The van der Waals surface area contributed by atoms with Gasteiger partial charge in [-0.1, -0.05) is 45.6 Å². The molecule has 4 heteroatoms. The Morgan fingerprint density at radius 1 is 1.03 bits per heavy atom. The van der Waals surface area contributed by atoms with E-state index >= 15 is 0 Å². The van der Waals surface area contributed by atoms with Gasteiger partial charge < -0.3 is 9.47 Å². The number of hydrogen-bond donors (Lipinski definition) is 0. The Morgan fingerprint density at radius 2 is 1.87 bits per heavy atom. The van der Waals surface area contributed by atoms with Gasteiger partial charge in [0.1, 0.15) is 6.10 Å². The molecule has 0 bridgehead atoms. The van der Waals surface area contributed by atoms with Gasteiger partial charge in [-0.3, -0.25) is 4.79 Å². The second kappa shape index (κ2) is 8.67. The Labute approximate surface area is 182 Å². The summed E-state index contributed by atoms with van der Waals surface area (Å²) in [7, 11) is 0. The molecule has 0 spiro atoms. The molecule has 4 aliphatic carbocycles. The molecule has 0 aromatic rings. The second-order valence-electron chi connectivity index (χ2n) is 10.9. The predicted molar refractivity (Wildman–Crippen MR) is 117 cm³/mol. The van der Waals surface area contributed by atoms with Crippen LogP contribution in [-0.2, 0) is 14.3 Å². The van der Waals surface area contributed by atoms with Crippen LogP contribution >= 0.6 is 0 Å². The zero-order chi connectivity index (χ0) is 21.4. The quantitative estimate of drug-likeness (QED) is 0.361. The van der Waals surface area contributed by atoms with Crippen LogP contribution < -0.4 is 0 Å². The Morgan fingerprint density at radius 3 is 2.67 bits per heavy atom. The third-order valence-corrected chi connectivity index (χ3v) is 9.33. The Balaban J connectivity index is 1.39. The number of allylic oxidation sites excluding steroid dienone is 1. The van der Waals surface area contributed by atoms with Crippen molar-refractivity contribution in [1.82, 2.24) is 0 Å². The van der Waals surface area contributed by atoms with E-state index in [0.717, 1.165) is 44.9 Å². The van der Waals surface area contributed by atoms with E-state index in [2.05, 4.69) is 20.8 Å². The highest BCUT2D eigenvalue weighted by atomic mass is 16.7. The Bertz CT molecular complexity index is 697. The molecule has 0 aromatic heterocycles. The van der Waals surface area contributed by atoms with E-state index in [4.69, 9.17) is 9.47 Å². The lowest BCUT2D eigenvalue weighted by Crippen LogP contribution is -2.51. The number of ether oxygens (including phenoxy) is 2. The smallest absolute Gasteiger partial charge is 0.434 e. The number of carbonyl (C=O) groups is 2. The van der Waals surface area contributed by atoms with Gasteiger partial charge in [0.25, 0.3) is 0 Å². The van der Waals surface area contributed by atoms with Crippen LogP contribution in [-0.4, -0.2) is 24.6 Å². The third-order valence-electron chi connectivity index (χ3n) is 9.33. The summed E-state index contributed by atoms with van der Waals surface area (Å²) in [6.07, 6.45) is 14.3. The van der Waals surface area contributed by atoms with Crippen LogP contribution in [0.5, 0.6) is 0 Å². The summed E-state index contributed by atoms with van der Waals surface area (Å²) in [5.41, 5.74) is 1.69. The van der Waals surface area contributed by atoms with Gasteiger partial charge in [0.15, 0.2) is 5.78 Å². The summed E-state index contributed by atoms with van der Waals surface area (Å²) >= 11 is 0. The number of hydrogen-bond acceptors (Lipinski definition) is 4. The van der Waals surface area contributed by atoms with Crippen molar-refractivity contribution in [2.24, 2.45) is 28.6 Å². The first-order chi connectivity index (χ1) is 14.4. The van der Waals surface area contributed by atoms with Gasteiger partial charge in [-0.05, 0) is 80.6 Å². The molecular weight excluding hydrogens is 376 g/mol. The average Bonchev–Trinajstić information content (AvgIpc) is 3.04. The molecule has 0 unspecified atom stereocenters. The van der Waals surface area contributed by atoms with E-state index in [-0.39, 0.29) is 16.9 Å². The molecule has 4 rings (SSSR count). The maximum Gasteiger partial charge on any atom is 0.508 e. The molecule has 6 atom stereocenters. The fraction of sp³-hybridized carbons (Fsp3) is 0.846. The largest absolute Gasteiger partial charge is 0.508 e. The van der Waals surface area contributed by atoms with Crippen molar-refractivity contribution in [2.45, 2.75) is 104 Å². The molecule has 168 valence electrons. The fourth-order valence-corrected chi connectivity index (χ4v) is 7.54. The van der Waals surface area contributed by atoms with Gasteiger partial charge in [0.05, 0.1) is 6.61 Å². The van der Waals surface area contributed by atoms with E-state index in [1.54, 1.807) is 0 Å². The van der Waals surface area contributed by atoms with Crippen molar-refractivity contribution in [3.8, 4) is 0 Å². The third kappa shape index (κ3) is 3.84. The number of rotatable bonds is 6. The number of carbonyl (C=O) groups excluding carboxylic acids is 2. The molecule has 0 radical (unpaired) electrons. The van der Waals surface area contributed by atoms with E-state index < -0.39 is 6.16 Å². The molecule has 4 nitrogen and oxygen atoms in total. The molecule has 0 aromatic carbocycles. The molecule has 0 saturated heterocycles. The molecule has 0 amide bonds. The van der Waals surface area contributed by atoms with Gasteiger partial charge in [0.2, 0.25) is 0 Å². The molecule has 0 N–H and O–H groups in total. The van der Waals surface area contributed by atoms with Gasteiger partial charge in [-0.2, -0.15) is 0 Å². The highest BCUT2D eigenvalue weighted by Gasteiger charge is 2.60. The minimum Gasteiger partial charge on any atom is -0.434 e. The second-order valence-corrected chi connectivity index (χ2v) is 10.9. The van der Waals surface area contributed by atoms with Crippen LogP contribution in [0.4, 0.5) is 4.79 Å². The summed E-state index contributed by atoms with van der Waals surface area (Å²) in [6.45, 7) is 7.43. The monoisotopic (exact) mass is 416 g/mol. The van der Waals surface area contributed by atoms with Crippen LogP contribution in [0.1, 0.15) is 97.8 Å². The van der Waals surface area contributed by atoms with Gasteiger partial charge >= 0.3 is 6.16 Å². The highest BCUT2D eigenvalue weighted by molar-refractivity contribution is 5.91. The van der Waals surface area contributed by atoms with Crippen LogP contribution in [0.15, 0.2) is 11.6 Å². The maximum atomic E-state index is 12.3. The van der Waals surface area contributed by atoms with Gasteiger partial charge in [-0.15, -0.1) is 0 Å². The Hall–Kier alpha value is -1.32. The van der Waals surface area contributed by atoms with Crippen LogP contribution in [0.3, 0.4) is 0 Å². The first-order valence-electron chi connectivity index (χ1n) is 12.5. The lowest BCUT2D eigenvalue weighted by atomic mass is 9.47. The molecule has 30 heavy (non-hydrogen) atoms. The zero-order valence-electron chi connectivity index (χ0n) is 19.2. The van der Waals surface area contributed by atoms with Crippen molar-refractivity contribution in [1.29, 1.82) is 0 Å². The van der Waals surface area contributed by atoms with Crippen molar-refractivity contribution in [3.63, 3.8) is 0 Å². The van der Waals surface area contributed by atoms with Crippen molar-refractivity contribution in [3.05, 3.63) is 11.6 Å². The summed E-state index contributed by atoms with van der Waals surface area (Å²) in [4.78, 5) is 24.3. The van der Waals surface area contributed by atoms with Crippen LogP contribution in [0, 0.1) is 28.6 Å². The molecule has 3 fully saturated rings. The molecule has 3 saturated carbocycles. The minimum atomic E-state index is -0.466. The zero-order valence-corrected chi connectivity index (χ0v) is 19.2. The number of unbranched alkanes of at least 4 members (excludes halogenated alkanes) is 3.